The van der Waals surface area contributed by atoms with Gasteiger partial charge in [-0.25, -0.2) is 0 Å². The van der Waals surface area contributed by atoms with Gasteiger partial charge in [0.2, 0.25) is 0 Å². The smallest absolute Gasteiger partial charge is 0.0692 e. The molecule has 185 valence electrons. The maximum absolute atomic E-state index is 6.38. The Bertz CT molecular complexity index is 916. The van der Waals surface area contributed by atoms with Gasteiger partial charge in [-0.1, -0.05) is 56.2 Å². The van der Waals surface area contributed by atoms with Crippen LogP contribution in [0.5, 0.6) is 0 Å². The van der Waals surface area contributed by atoms with Crippen molar-refractivity contribution in [1.82, 2.24) is 0 Å². The molecule has 8 atom stereocenters. The van der Waals surface area contributed by atoms with Gasteiger partial charge in [0.15, 0.2) is 0 Å². The Kier molecular flexibility index (Phi) is 6.84. The Morgan fingerprint density at radius 1 is 0.941 bits per heavy atom. The number of ether oxygens (including phenoxy) is 1. The molecule has 1 heterocycles. The molecule has 7 rings (SSSR count). The normalized spacial score (nSPS) is 43.5. The van der Waals surface area contributed by atoms with Gasteiger partial charge in [-0.15, -0.1) is 12.7 Å². The van der Waals surface area contributed by atoms with E-state index in [1.807, 2.05) is 32.0 Å². The van der Waals surface area contributed by atoms with Gasteiger partial charge in [0.25, 0.3) is 0 Å². The van der Waals surface area contributed by atoms with Crippen molar-refractivity contribution >= 4 is 5.69 Å². The number of nitrogens with zero attached hydrogens (tertiary/aromatic N) is 1. The maximum atomic E-state index is 6.38. The maximum Gasteiger partial charge on any atom is 0.0692 e. The van der Waals surface area contributed by atoms with Crippen molar-refractivity contribution in [3.05, 3.63) is 46.3 Å². The summed E-state index contributed by atoms with van der Waals surface area (Å²) in [4.78, 5) is 0. The van der Waals surface area contributed by atoms with Crippen molar-refractivity contribution in [3.63, 3.8) is 0 Å². The fourth-order valence-corrected chi connectivity index (χ4v) is 9.88. The molecule has 1 saturated heterocycles. The second-order valence-electron chi connectivity index (χ2n) is 12.0. The molecule has 4 saturated carbocycles. The fraction of sp³-hybridized carbons (Fsp3) is 0.742. The van der Waals surface area contributed by atoms with Gasteiger partial charge >= 0.3 is 0 Å². The van der Waals surface area contributed by atoms with Gasteiger partial charge in [-0.2, -0.15) is 0 Å². The van der Waals surface area contributed by atoms with Crippen molar-refractivity contribution in [2.75, 3.05) is 13.7 Å². The molecule has 0 aromatic heterocycles. The largest absolute Gasteiger partial charge is 0.687 e. The van der Waals surface area contributed by atoms with Crippen molar-refractivity contribution in [1.29, 1.82) is 0 Å². The minimum atomic E-state index is 0. The summed E-state index contributed by atoms with van der Waals surface area (Å²) in [5.74, 6) is 5.30. The van der Waals surface area contributed by atoms with Crippen LogP contribution in [0, 0.1) is 35.0 Å². The van der Waals surface area contributed by atoms with E-state index >= 15 is 0 Å². The molecule has 2 spiro atoms. The van der Waals surface area contributed by atoms with Crippen LogP contribution in [-0.4, -0.2) is 19.3 Å². The molecule has 1 aromatic rings. The number of fused-ring (bicyclic) bond motifs is 3. The van der Waals surface area contributed by atoms with E-state index in [1.165, 1.54) is 64.2 Å². The molecule has 34 heavy (non-hydrogen) atoms. The van der Waals surface area contributed by atoms with E-state index in [0.29, 0.717) is 11.3 Å². The molecule has 0 amide bonds. The molecule has 0 bridgehead atoms. The third-order valence-corrected chi connectivity index (χ3v) is 11.2. The van der Waals surface area contributed by atoms with E-state index in [4.69, 9.17) is 4.74 Å². The van der Waals surface area contributed by atoms with E-state index in [1.54, 1.807) is 5.56 Å². The topological polar surface area (TPSA) is 23.3 Å². The average Bonchev–Trinajstić information content (AvgIpc) is 3.22. The third kappa shape index (κ3) is 3.53. The van der Waals surface area contributed by atoms with Crippen LogP contribution in [0.2, 0.25) is 0 Å². The Morgan fingerprint density at radius 2 is 1.71 bits per heavy atom. The summed E-state index contributed by atoms with van der Waals surface area (Å²) < 4.78 is 6.38. The van der Waals surface area contributed by atoms with Crippen LogP contribution in [0.25, 0.3) is 5.32 Å². The quantitative estimate of drug-likeness (QED) is 0.376. The first-order valence-electron chi connectivity index (χ1n) is 14.2. The van der Waals surface area contributed by atoms with Crippen molar-refractivity contribution < 1.29 is 23.3 Å². The number of hydrogen-bond donors (Lipinski definition) is 0. The number of rotatable bonds is 2. The molecule has 3 heteroatoms. The van der Waals surface area contributed by atoms with Gasteiger partial charge in [-0.3, -0.25) is 0 Å². The van der Waals surface area contributed by atoms with Crippen LogP contribution in [0.3, 0.4) is 0 Å². The minimum Gasteiger partial charge on any atom is -0.687 e. The van der Waals surface area contributed by atoms with E-state index < -0.39 is 0 Å². The molecular formula is C31H44NOV-. The van der Waals surface area contributed by atoms with Gasteiger partial charge in [-0.05, 0) is 105 Å². The molecule has 5 fully saturated rings. The second kappa shape index (κ2) is 9.31. The molecule has 1 aromatic carbocycles. The van der Waals surface area contributed by atoms with E-state index in [0.717, 1.165) is 41.9 Å². The summed E-state index contributed by atoms with van der Waals surface area (Å²) in [7, 11) is 1.91. The molecule has 6 aliphatic rings. The second-order valence-corrected chi connectivity index (χ2v) is 12.0. The SMILES string of the molecule is CC.C[N-]c1ccc(C2CC34C(C)C3CCC4C3CCC4CC5(CCCO5)CCC4=C23)cc1.[V]. The Balaban J connectivity index is 0.000000783. The first kappa shape index (κ1) is 25.0. The Hall–Kier alpha value is -0.696. The molecule has 8 unspecified atom stereocenters. The zero-order chi connectivity index (χ0) is 22.8. The first-order valence-corrected chi connectivity index (χ1v) is 14.2. The predicted molar refractivity (Wildman–Crippen MR) is 137 cm³/mol. The predicted octanol–water partition coefficient (Wildman–Crippen LogP) is 8.55. The van der Waals surface area contributed by atoms with E-state index in [9.17, 15) is 0 Å². The van der Waals surface area contributed by atoms with Crippen LogP contribution in [0.15, 0.2) is 35.4 Å². The number of benzene rings is 1. The van der Waals surface area contributed by atoms with E-state index in [2.05, 4.69) is 36.5 Å². The average molecular weight is 498 g/mol. The van der Waals surface area contributed by atoms with Crippen molar-refractivity contribution in [3.8, 4) is 0 Å². The van der Waals surface area contributed by atoms with Crippen molar-refractivity contribution in [2.24, 2.45) is 35.0 Å². The fourth-order valence-electron chi connectivity index (χ4n) is 9.88. The van der Waals surface area contributed by atoms with Gasteiger partial charge in [0.05, 0.1) is 5.60 Å². The summed E-state index contributed by atoms with van der Waals surface area (Å²) in [5, 5.41) is 4.41. The summed E-state index contributed by atoms with van der Waals surface area (Å²) >= 11 is 0. The van der Waals surface area contributed by atoms with Crippen LogP contribution in [0.4, 0.5) is 5.69 Å². The minimum absolute atomic E-state index is 0. The third-order valence-electron chi connectivity index (χ3n) is 11.2. The van der Waals surface area contributed by atoms with Gasteiger partial charge in [0, 0.05) is 31.1 Å². The summed E-state index contributed by atoms with van der Waals surface area (Å²) in [6, 6.07) is 9.34. The Labute approximate surface area is 220 Å². The summed E-state index contributed by atoms with van der Waals surface area (Å²) in [5.41, 5.74) is 7.43. The molecule has 2 nitrogen and oxygen atoms in total. The zero-order valence-corrected chi connectivity index (χ0v) is 23.3. The monoisotopic (exact) mass is 497 g/mol. The molecule has 1 aliphatic heterocycles. The van der Waals surface area contributed by atoms with E-state index in [-0.39, 0.29) is 24.2 Å². The summed E-state index contributed by atoms with van der Waals surface area (Å²) in [6.07, 6.45) is 13.8. The van der Waals surface area contributed by atoms with Gasteiger partial charge in [0.1, 0.15) is 0 Å². The standard InChI is InChI=1S/C29H38NO.C2H6.V/c1-18-25-10-11-26-23-9-6-20-16-28(13-3-15-31-28)14-12-22(20)27(23)24(17-29(18,25)26)19-4-7-21(30-2)8-5-19;1-2;/h4-5,7-8,18,20,23-26H,3,6,9-17H2,1-2H3;1-2H3;/q-1;;. The van der Waals surface area contributed by atoms with Crippen LogP contribution in [-0.2, 0) is 23.3 Å². The molecule has 1 radical (unpaired) electrons. The van der Waals surface area contributed by atoms with Gasteiger partial charge < -0.3 is 10.1 Å². The molecular weight excluding hydrogens is 453 g/mol. The van der Waals surface area contributed by atoms with Crippen molar-refractivity contribution in [2.45, 2.75) is 96.5 Å². The molecule has 5 aliphatic carbocycles. The zero-order valence-electron chi connectivity index (χ0n) is 21.9. The number of allylic oxidation sites excluding steroid dienone is 2. The van der Waals surface area contributed by atoms with Crippen LogP contribution >= 0.6 is 0 Å². The first-order chi connectivity index (χ1) is 16.2. The Morgan fingerprint density at radius 3 is 2.38 bits per heavy atom. The van der Waals surface area contributed by atoms with Crippen LogP contribution in [0.1, 0.15) is 96.5 Å². The molecule has 0 N–H and O–H groups in total. The van der Waals surface area contributed by atoms with Crippen LogP contribution < -0.4 is 0 Å². The number of hydrogen-bond acceptors (Lipinski definition) is 1. The summed E-state index contributed by atoms with van der Waals surface area (Å²) in [6.45, 7) is 7.58.